The lowest BCUT2D eigenvalue weighted by molar-refractivity contribution is -0.128. The Morgan fingerprint density at radius 2 is 1.74 bits per heavy atom. The Balaban J connectivity index is 2.00. The molecular weight excluding hydrogens is 292 g/mol. The molecule has 0 fully saturated rings. The van der Waals surface area contributed by atoms with Gasteiger partial charge in [0.1, 0.15) is 17.2 Å². The Bertz CT molecular complexity index is 659. The van der Waals surface area contributed by atoms with E-state index in [1.807, 2.05) is 31.2 Å². The van der Waals surface area contributed by atoms with Crippen molar-refractivity contribution < 1.29 is 19.0 Å². The molecule has 0 saturated carbocycles. The Morgan fingerprint density at radius 3 is 2.43 bits per heavy atom. The van der Waals surface area contributed by atoms with Crippen LogP contribution in [0.4, 0.5) is 0 Å². The smallest absolute Gasteiger partial charge is 0.336 e. The van der Waals surface area contributed by atoms with Crippen LogP contribution >= 0.6 is 0 Å². The fraction of sp³-hybridized carbons (Fsp3) is 0.211. The lowest BCUT2D eigenvalue weighted by Gasteiger charge is -2.07. The zero-order valence-electron chi connectivity index (χ0n) is 13.3. The highest BCUT2D eigenvalue weighted by atomic mass is 16.5. The van der Waals surface area contributed by atoms with E-state index in [0.29, 0.717) is 18.1 Å². The Hall–Kier alpha value is -2.75. The molecule has 0 aliphatic heterocycles. The summed E-state index contributed by atoms with van der Waals surface area (Å²) in [5.41, 5.74) is 0.840. The van der Waals surface area contributed by atoms with E-state index >= 15 is 0 Å². The van der Waals surface area contributed by atoms with Gasteiger partial charge in [0.2, 0.25) is 0 Å². The van der Waals surface area contributed by atoms with Gasteiger partial charge in [-0.2, -0.15) is 0 Å². The van der Waals surface area contributed by atoms with Gasteiger partial charge in [-0.15, -0.1) is 0 Å². The largest absolute Gasteiger partial charge is 0.497 e. The molecule has 0 bridgehead atoms. The van der Waals surface area contributed by atoms with Crippen molar-refractivity contribution in [1.82, 2.24) is 0 Å². The highest BCUT2D eigenvalue weighted by molar-refractivity contribution is 5.89. The Kier molecular flexibility index (Phi) is 6.24. The van der Waals surface area contributed by atoms with Gasteiger partial charge in [-0.05, 0) is 42.8 Å². The number of rotatable bonds is 7. The fourth-order valence-corrected chi connectivity index (χ4v) is 1.91. The summed E-state index contributed by atoms with van der Waals surface area (Å²) >= 11 is 0. The van der Waals surface area contributed by atoms with Gasteiger partial charge < -0.3 is 14.2 Å². The predicted molar refractivity (Wildman–Crippen MR) is 89.9 cm³/mol. The van der Waals surface area contributed by atoms with E-state index in [9.17, 15) is 4.79 Å². The van der Waals surface area contributed by atoms with E-state index in [1.165, 1.54) is 6.08 Å². The van der Waals surface area contributed by atoms with E-state index in [0.717, 1.165) is 17.7 Å². The average molecular weight is 312 g/mol. The molecule has 0 aromatic heterocycles. The number of hydrogen-bond donors (Lipinski definition) is 0. The maximum Gasteiger partial charge on any atom is 0.336 e. The topological polar surface area (TPSA) is 44.8 Å². The van der Waals surface area contributed by atoms with Crippen LogP contribution in [0.5, 0.6) is 17.2 Å². The highest BCUT2D eigenvalue weighted by Crippen LogP contribution is 2.20. The third-order valence-corrected chi connectivity index (χ3v) is 3.06. The summed E-state index contributed by atoms with van der Waals surface area (Å²) < 4.78 is 15.9. The zero-order valence-corrected chi connectivity index (χ0v) is 13.3. The molecule has 0 atom stereocenters. The lowest BCUT2D eigenvalue weighted by atomic mass is 10.2. The van der Waals surface area contributed by atoms with E-state index in [4.69, 9.17) is 14.2 Å². The number of carbonyl (C=O) groups excluding carboxylic acids is 1. The Morgan fingerprint density at radius 1 is 1.04 bits per heavy atom. The average Bonchev–Trinajstić information content (AvgIpc) is 2.59. The fourth-order valence-electron chi connectivity index (χ4n) is 1.91. The Labute approximate surface area is 136 Å². The normalized spacial score (nSPS) is 10.5. The van der Waals surface area contributed by atoms with Gasteiger partial charge in [0, 0.05) is 11.6 Å². The van der Waals surface area contributed by atoms with Gasteiger partial charge >= 0.3 is 5.97 Å². The quantitative estimate of drug-likeness (QED) is 0.438. The number of esters is 1. The van der Waals surface area contributed by atoms with Crippen molar-refractivity contribution in [3.8, 4) is 17.2 Å². The van der Waals surface area contributed by atoms with Crippen LogP contribution in [0.25, 0.3) is 6.08 Å². The maximum atomic E-state index is 11.9. The first-order chi connectivity index (χ1) is 11.2. The first-order valence-corrected chi connectivity index (χ1v) is 7.48. The molecule has 0 aliphatic rings. The number of para-hydroxylation sites is 1. The number of carbonyl (C=O) groups is 1. The van der Waals surface area contributed by atoms with Crippen LogP contribution < -0.4 is 14.2 Å². The molecule has 4 heteroatoms. The molecule has 0 N–H and O–H groups in total. The number of benzene rings is 2. The molecule has 2 rings (SSSR count). The van der Waals surface area contributed by atoms with Crippen molar-refractivity contribution in [2.75, 3.05) is 13.7 Å². The molecule has 0 heterocycles. The summed E-state index contributed by atoms with van der Waals surface area (Å²) in [4.78, 5) is 11.9. The summed E-state index contributed by atoms with van der Waals surface area (Å²) in [7, 11) is 1.59. The van der Waals surface area contributed by atoms with Crippen molar-refractivity contribution in [1.29, 1.82) is 0 Å². The standard InChI is InChI=1S/C19H20O4/c1-3-14-22-18-7-5-4-6-15(18)8-13-19(20)23-17-11-9-16(21-2)10-12-17/h4-13H,3,14H2,1-2H3/b13-8+. The van der Waals surface area contributed by atoms with Crippen LogP contribution in [0, 0.1) is 0 Å². The molecule has 2 aromatic rings. The van der Waals surface area contributed by atoms with Crippen molar-refractivity contribution >= 4 is 12.0 Å². The first kappa shape index (κ1) is 16.6. The molecule has 0 amide bonds. The van der Waals surface area contributed by atoms with Crippen LogP contribution in [0.3, 0.4) is 0 Å². The van der Waals surface area contributed by atoms with Crippen molar-refractivity contribution in [3.63, 3.8) is 0 Å². The highest BCUT2D eigenvalue weighted by Gasteiger charge is 2.03. The predicted octanol–water partition coefficient (Wildman–Crippen LogP) is 4.10. The molecule has 120 valence electrons. The minimum atomic E-state index is -0.444. The van der Waals surface area contributed by atoms with Gasteiger partial charge in [0.15, 0.2) is 0 Å². The summed E-state index contributed by atoms with van der Waals surface area (Å²) in [5.74, 6) is 1.49. The SMILES string of the molecule is CCCOc1ccccc1/C=C/C(=O)Oc1ccc(OC)cc1. The van der Waals surface area contributed by atoms with Gasteiger partial charge in [0.05, 0.1) is 13.7 Å². The monoisotopic (exact) mass is 312 g/mol. The molecule has 2 aromatic carbocycles. The van der Waals surface area contributed by atoms with E-state index < -0.39 is 5.97 Å². The van der Waals surface area contributed by atoms with Crippen LogP contribution in [-0.4, -0.2) is 19.7 Å². The van der Waals surface area contributed by atoms with Crippen molar-refractivity contribution in [3.05, 3.63) is 60.2 Å². The number of ether oxygens (including phenoxy) is 3. The minimum Gasteiger partial charge on any atom is -0.497 e. The molecule has 0 aliphatic carbocycles. The maximum absolute atomic E-state index is 11.9. The minimum absolute atomic E-state index is 0.444. The van der Waals surface area contributed by atoms with Gasteiger partial charge in [-0.1, -0.05) is 25.1 Å². The summed E-state index contributed by atoms with van der Waals surface area (Å²) in [6, 6.07) is 14.4. The summed E-state index contributed by atoms with van der Waals surface area (Å²) in [6.45, 7) is 2.69. The summed E-state index contributed by atoms with van der Waals surface area (Å²) in [5, 5.41) is 0. The molecule has 4 nitrogen and oxygen atoms in total. The molecule has 23 heavy (non-hydrogen) atoms. The van der Waals surface area contributed by atoms with Gasteiger partial charge in [-0.25, -0.2) is 4.79 Å². The molecule has 0 saturated heterocycles. The summed E-state index contributed by atoms with van der Waals surface area (Å²) in [6.07, 6.45) is 4.01. The molecule has 0 spiro atoms. The van der Waals surface area contributed by atoms with E-state index in [1.54, 1.807) is 37.5 Å². The van der Waals surface area contributed by atoms with Crippen molar-refractivity contribution in [2.24, 2.45) is 0 Å². The second kappa shape index (κ2) is 8.63. The van der Waals surface area contributed by atoms with E-state index in [2.05, 4.69) is 0 Å². The lowest BCUT2D eigenvalue weighted by Crippen LogP contribution is -2.03. The first-order valence-electron chi connectivity index (χ1n) is 7.48. The third-order valence-electron chi connectivity index (χ3n) is 3.06. The number of hydrogen-bond acceptors (Lipinski definition) is 4. The van der Waals surface area contributed by atoms with Gasteiger partial charge in [-0.3, -0.25) is 0 Å². The van der Waals surface area contributed by atoms with Crippen LogP contribution in [0.15, 0.2) is 54.6 Å². The third kappa shape index (κ3) is 5.18. The van der Waals surface area contributed by atoms with Crippen LogP contribution in [0.1, 0.15) is 18.9 Å². The zero-order chi connectivity index (χ0) is 16.5. The molecule has 0 unspecified atom stereocenters. The van der Waals surface area contributed by atoms with Crippen LogP contribution in [-0.2, 0) is 4.79 Å². The second-order valence-electron chi connectivity index (χ2n) is 4.82. The number of methoxy groups -OCH3 is 1. The van der Waals surface area contributed by atoms with Crippen molar-refractivity contribution in [2.45, 2.75) is 13.3 Å². The second-order valence-corrected chi connectivity index (χ2v) is 4.82. The van der Waals surface area contributed by atoms with Gasteiger partial charge in [0.25, 0.3) is 0 Å². The molecule has 0 radical (unpaired) electrons. The van der Waals surface area contributed by atoms with Crippen LogP contribution in [0.2, 0.25) is 0 Å². The molecular formula is C19H20O4. The van der Waals surface area contributed by atoms with E-state index in [-0.39, 0.29) is 0 Å².